The molecule has 0 aliphatic heterocycles. The number of anilines is 1. The van der Waals surface area contributed by atoms with E-state index in [1.807, 2.05) is 31.2 Å². The number of benzene rings is 2. The minimum absolute atomic E-state index is 0.124. The van der Waals surface area contributed by atoms with Crippen LogP contribution >= 0.6 is 11.3 Å². The predicted molar refractivity (Wildman–Crippen MR) is 122 cm³/mol. The normalized spacial score (nSPS) is 11.6. The fourth-order valence-electron chi connectivity index (χ4n) is 3.05. The zero-order valence-corrected chi connectivity index (χ0v) is 19.2. The lowest BCUT2D eigenvalue weighted by Crippen LogP contribution is -2.28. The first kappa shape index (κ1) is 22.9. The number of carbonyl (C=O) groups excluding carboxylic acids is 2. The molecule has 164 valence electrons. The highest BCUT2D eigenvalue weighted by Crippen LogP contribution is 2.36. The van der Waals surface area contributed by atoms with Gasteiger partial charge in [0.05, 0.1) is 17.7 Å². The minimum Gasteiger partial charge on any atom is -0.465 e. The van der Waals surface area contributed by atoms with Gasteiger partial charge in [0.15, 0.2) is 0 Å². The third-order valence-electron chi connectivity index (χ3n) is 4.86. The fourth-order valence-corrected chi connectivity index (χ4v) is 5.34. The second-order valence-corrected chi connectivity index (χ2v) is 10.0. The number of ether oxygens (including phenoxy) is 1. The Morgan fingerprint density at radius 2 is 1.77 bits per heavy atom. The number of nitrogens with zero attached hydrogens (tertiary/aromatic N) is 1. The standard InChI is InChI=1S/C22H24N2O5S2/c1-4-5-14-24(2)31(27,28)16-12-10-15(11-13-16)21(25)23-19-17-8-6-7-9-18(17)30-20(19)22(26)29-3/h6-13H,4-5,14H2,1-3H3,(H,23,25). The summed E-state index contributed by atoms with van der Waals surface area (Å²) in [4.78, 5) is 25.4. The number of fused-ring (bicyclic) bond motifs is 1. The van der Waals surface area contributed by atoms with Gasteiger partial charge in [0.25, 0.3) is 5.91 Å². The molecule has 0 fully saturated rings. The van der Waals surface area contributed by atoms with E-state index in [9.17, 15) is 18.0 Å². The van der Waals surface area contributed by atoms with Crippen molar-refractivity contribution in [3.63, 3.8) is 0 Å². The van der Waals surface area contributed by atoms with E-state index >= 15 is 0 Å². The van der Waals surface area contributed by atoms with Crippen LogP contribution in [0.5, 0.6) is 0 Å². The summed E-state index contributed by atoms with van der Waals surface area (Å²) in [5.74, 6) is -0.981. The van der Waals surface area contributed by atoms with Gasteiger partial charge in [-0.3, -0.25) is 4.79 Å². The largest absolute Gasteiger partial charge is 0.465 e. The Morgan fingerprint density at radius 1 is 1.10 bits per heavy atom. The van der Waals surface area contributed by atoms with Gasteiger partial charge in [0.1, 0.15) is 4.88 Å². The predicted octanol–water partition coefficient (Wildman–Crippen LogP) is 4.36. The molecule has 31 heavy (non-hydrogen) atoms. The average molecular weight is 461 g/mol. The molecule has 7 nitrogen and oxygen atoms in total. The Hall–Kier alpha value is -2.75. The first-order valence-corrected chi connectivity index (χ1v) is 12.0. The first-order chi connectivity index (χ1) is 14.8. The lowest BCUT2D eigenvalue weighted by molar-refractivity contribution is 0.0607. The molecular weight excluding hydrogens is 436 g/mol. The van der Waals surface area contributed by atoms with Gasteiger partial charge < -0.3 is 10.1 Å². The smallest absolute Gasteiger partial charge is 0.350 e. The van der Waals surface area contributed by atoms with Crippen molar-refractivity contribution in [1.29, 1.82) is 0 Å². The summed E-state index contributed by atoms with van der Waals surface area (Å²) in [7, 11) is -0.782. The summed E-state index contributed by atoms with van der Waals surface area (Å²) in [5, 5.41) is 3.52. The van der Waals surface area contributed by atoms with Crippen LogP contribution in [0.1, 0.15) is 39.8 Å². The molecule has 2 aromatic carbocycles. The summed E-state index contributed by atoms with van der Waals surface area (Å²) in [6, 6.07) is 13.1. The SMILES string of the molecule is CCCCN(C)S(=O)(=O)c1ccc(C(=O)Nc2c(C(=O)OC)sc3ccccc23)cc1. The van der Waals surface area contributed by atoms with Crippen molar-refractivity contribution in [2.45, 2.75) is 24.7 Å². The number of esters is 1. The second-order valence-electron chi connectivity index (χ2n) is 6.95. The third-order valence-corrected chi connectivity index (χ3v) is 7.88. The summed E-state index contributed by atoms with van der Waals surface area (Å²) in [6.45, 7) is 2.43. The van der Waals surface area contributed by atoms with Crippen LogP contribution in [-0.2, 0) is 14.8 Å². The number of carbonyl (C=O) groups is 2. The van der Waals surface area contributed by atoms with Gasteiger partial charge >= 0.3 is 5.97 Å². The minimum atomic E-state index is -3.61. The molecule has 1 heterocycles. The van der Waals surface area contributed by atoms with Crippen molar-refractivity contribution in [3.8, 4) is 0 Å². The highest BCUT2D eigenvalue weighted by Gasteiger charge is 2.23. The van der Waals surface area contributed by atoms with Gasteiger partial charge in [0, 0.05) is 29.2 Å². The maximum Gasteiger partial charge on any atom is 0.350 e. The molecule has 0 atom stereocenters. The highest BCUT2D eigenvalue weighted by atomic mass is 32.2. The number of amides is 1. The van der Waals surface area contributed by atoms with E-state index in [4.69, 9.17) is 4.74 Å². The number of unbranched alkanes of at least 4 members (excludes halogenated alkanes) is 1. The molecule has 1 amide bonds. The Labute approximate surface area is 185 Å². The summed E-state index contributed by atoms with van der Waals surface area (Å²) < 4.78 is 32.3. The summed E-state index contributed by atoms with van der Waals surface area (Å²) in [5.41, 5.74) is 0.662. The molecule has 0 spiro atoms. The Balaban J connectivity index is 1.86. The second kappa shape index (κ2) is 9.59. The van der Waals surface area contributed by atoms with Gasteiger partial charge in [0.2, 0.25) is 10.0 Å². The van der Waals surface area contributed by atoms with Crippen LogP contribution < -0.4 is 5.32 Å². The van der Waals surface area contributed by atoms with E-state index in [1.54, 1.807) is 7.05 Å². The number of rotatable bonds is 8. The molecule has 0 aliphatic carbocycles. The Kier molecular flexibility index (Phi) is 7.09. The molecule has 3 rings (SSSR count). The van der Waals surface area contributed by atoms with E-state index in [-0.39, 0.29) is 10.5 Å². The van der Waals surface area contributed by atoms with Gasteiger partial charge in [-0.05, 0) is 36.8 Å². The van der Waals surface area contributed by atoms with Crippen molar-refractivity contribution in [1.82, 2.24) is 4.31 Å². The maximum atomic E-state index is 12.8. The topological polar surface area (TPSA) is 92.8 Å². The zero-order chi connectivity index (χ0) is 22.6. The van der Waals surface area contributed by atoms with Crippen molar-refractivity contribution in [2.24, 2.45) is 0 Å². The zero-order valence-electron chi connectivity index (χ0n) is 17.5. The Morgan fingerprint density at radius 3 is 2.42 bits per heavy atom. The highest BCUT2D eigenvalue weighted by molar-refractivity contribution is 7.89. The van der Waals surface area contributed by atoms with Crippen LogP contribution in [0, 0.1) is 0 Å². The molecule has 0 radical (unpaired) electrons. The van der Waals surface area contributed by atoms with Crippen LogP contribution in [0.25, 0.3) is 10.1 Å². The molecule has 1 aromatic heterocycles. The summed E-state index contributed by atoms with van der Waals surface area (Å²) >= 11 is 1.24. The van der Waals surface area contributed by atoms with Crippen molar-refractivity contribution >= 4 is 49.0 Å². The van der Waals surface area contributed by atoms with Crippen molar-refractivity contribution in [2.75, 3.05) is 26.0 Å². The van der Waals surface area contributed by atoms with E-state index < -0.39 is 21.9 Å². The number of nitrogens with one attached hydrogen (secondary N) is 1. The van der Waals surface area contributed by atoms with Gasteiger partial charge in [-0.25, -0.2) is 17.5 Å². The summed E-state index contributed by atoms with van der Waals surface area (Å²) in [6.07, 6.45) is 1.66. The number of hydrogen-bond donors (Lipinski definition) is 1. The van der Waals surface area contributed by atoms with Crippen molar-refractivity contribution < 1.29 is 22.7 Å². The fraction of sp³-hybridized carbons (Fsp3) is 0.273. The quantitative estimate of drug-likeness (QED) is 0.504. The van der Waals surface area contributed by atoms with Crippen LogP contribution in [0.3, 0.4) is 0 Å². The average Bonchev–Trinajstić information content (AvgIpc) is 3.15. The molecule has 9 heteroatoms. The van der Waals surface area contributed by atoms with Gasteiger partial charge in [-0.2, -0.15) is 0 Å². The van der Waals surface area contributed by atoms with Gasteiger partial charge in [-0.1, -0.05) is 31.5 Å². The van der Waals surface area contributed by atoms with E-state index in [0.717, 1.165) is 22.9 Å². The molecule has 0 unspecified atom stereocenters. The van der Waals surface area contributed by atoms with Crippen molar-refractivity contribution in [3.05, 3.63) is 59.0 Å². The molecule has 0 saturated heterocycles. The van der Waals surface area contributed by atoms with Crippen LogP contribution in [0.4, 0.5) is 5.69 Å². The molecule has 3 aromatic rings. The van der Waals surface area contributed by atoms with Crippen LogP contribution in [0.15, 0.2) is 53.4 Å². The maximum absolute atomic E-state index is 12.8. The number of thiophene rings is 1. The molecule has 0 saturated carbocycles. The third kappa shape index (κ3) is 4.79. The molecular formula is C22H24N2O5S2. The Bertz CT molecular complexity index is 1200. The van der Waals surface area contributed by atoms with Crippen LogP contribution in [-0.4, -0.2) is 45.3 Å². The molecule has 1 N–H and O–H groups in total. The molecule has 0 bridgehead atoms. The number of hydrogen-bond acceptors (Lipinski definition) is 6. The van der Waals surface area contributed by atoms with E-state index in [2.05, 4.69) is 5.32 Å². The van der Waals surface area contributed by atoms with E-state index in [0.29, 0.717) is 17.1 Å². The number of methoxy groups -OCH3 is 1. The van der Waals surface area contributed by atoms with Crippen LogP contribution in [0.2, 0.25) is 0 Å². The molecule has 0 aliphatic rings. The number of sulfonamides is 1. The lowest BCUT2D eigenvalue weighted by Gasteiger charge is -2.17. The lowest BCUT2D eigenvalue weighted by atomic mass is 10.2. The first-order valence-electron chi connectivity index (χ1n) is 9.77. The van der Waals surface area contributed by atoms with E-state index in [1.165, 1.54) is 47.0 Å². The van der Waals surface area contributed by atoms with Gasteiger partial charge in [-0.15, -0.1) is 11.3 Å². The monoisotopic (exact) mass is 460 g/mol.